The SMILES string of the molecule is CCOC(=O)CN(C)[C@H]1C(=O)[C@]2(C)CC[C@@H]1C2(C)C. The number of ketones is 1. The van der Waals surface area contributed by atoms with Crippen molar-refractivity contribution in [3.63, 3.8) is 0 Å². The monoisotopic (exact) mass is 267 g/mol. The van der Waals surface area contributed by atoms with Gasteiger partial charge in [0.05, 0.1) is 19.2 Å². The van der Waals surface area contributed by atoms with Gasteiger partial charge >= 0.3 is 5.97 Å². The van der Waals surface area contributed by atoms with Crippen molar-refractivity contribution in [3.05, 3.63) is 0 Å². The van der Waals surface area contributed by atoms with E-state index < -0.39 is 0 Å². The molecule has 4 nitrogen and oxygen atoms in total. The summed E-state index contributed by atoms with van der Waals surface area (Å²) in [7, 11) is 1.86. The molecule has 0 spiro atoms. The Balaban J connectivity index is 2.15. The van der Waals surface area contributed by atoms with Crippen LogP contribution in [0.15, 0.2) is 0 Å². The summed E-state index contributed by atoms with van der Waals surface area (Å²) in [6, 6.07) is -0.127. The van der Waals surface area contributed by atoms with E-state index >= 15 is 0 Å². The Hall–Kier alpha value is -0.900. The minimum Gasteiger partial charge on any atom is -0.465 e. The number of ether oxygens (including phenoxy) is 1. The van der Waals surface area contributed by atoms with E-state index in [-0.39, 0.29) is 29.4 Å². The molecule has 2 rings (SSSR count). The maximum Gasteiger partial charge on any atom is 0.320 e. The van der Waals surface area contributed by atoms with Crippen molar-refractivity contribution in [3.8, 4) is 0 Å². The van der Waals surface area contributed by atoms with Crippen molar-refractivity contribution >= 4 is 11.8 Å². The summed E-state index contributed by atoms with van der Waals surface area (Å²) in [5.41, 5.74) is -0.205. The molecule has 108 valence electrons. The summed E-state index contributed by atoms with van der Waals surface area (Å²) in [5.74, 6) is 0.411. The molecule has 3 atom stereocenters. The van der Waals surface area contributed by atoms with Gasteiger partial charge in [0.15, 0.2) is 5.78 Å². The van der Waals surface area contributed by atoms with Crippen molar-refractivity contribution in [1.29, 1.82) is 0 Å². The zero-order chi connectivity index (χ0) is 14.4. The Kier molecular flexibility index (Phi) is 3.50. The van der Waals surface area contributed by atoms with Crippen LogP contribution in [0, 0.1) is 16.7 Å². The summed E-state index contributed by atoms with van der Waals surface area (Å²) < 4.78 is 4.97. The van der Waals surface area contributed by atoms with E-state index in [2.05, 4.69) is 20.8 Å². The zero-order valence-corrected chi connectivity index (χ0v) is 12.7. The van der Waals surface area contributed by atoms with Crippen LogP contribution in [0.25, 0.3) is 0 Å². The second-order valence-electron chi connectivity index (χ2n) is 6.73. The highest BCUT2D eigenvalue weighted by Gasteiger charge is 2.66. The second kappa shape index (κ2) is 4.58. The Bertz CT molecular complexity index is 404. The summed E-state index contributed by atoms with van der Waals surface area (Å²) >= 11 is 0. The van der Waals surface area contributed by atoms with Crippen LogP contribution in [0.2, 0.25) is 0 Å². The minimum atomic E-state index is -0.247. The molecule has 0 saturated heterocycles. The van der Waals surface area contributed by atoms with E-state index in [9.17, 15) is 9.59 Å². The number of fused-ring (bicyclic) bond motifs is 2. The van der Waals surface area contributed by atoms with E-state index in [1.54, 1.807) is 6.92 Å². The van der Waals surface area contributed by atoms with Gasteiger partial charge < -0.3 is 4.74 Å². The smallest absolute Gasteiger partial charge is 0.320 e. The van der Waals surface area contributed by atoms with Crippen molar-refractivity contribution in [2.24, 2.45) is 16.7 Å². The fraction of sp³-hybridized carbons (Fsp3) is 0.867. The number of carbonyl (C=O) groups is 2. The van der Waals surface area contributed by atoms with Crippen LogP contribution in [0.5, 0.6) is 0 Å². The second-order valence-corrected chi connectivity index (χ2v) is 6.73. The van der Waals surface area contributed by atoms with Gasteiger partial charge in [-0.2, -0.15) is 0 Å². The van der Waals surface area contributed by atoms with Gasteiger partial charge in [-0.05, 0) is 38.1 Å². The molecule has 0 aliphatic heterocycles. The molecule has 0 aromatic carbocycles. The van der Waals surface area contributed by atoms with Gasteiger partial charge in [0, 0.05) is 5.41 Å². The maximum atomic E-state index is 12.7. The van der Waals surface area contributed by atoms with Crippen LogP contribution >= 0.6 is 0 Å². The third-order valence-electron chi connectivity index (χ3n) is 5.66. The maximum absolute atomic E-state index is 12.7. The molecule has 0 unspecified atom stereocenters. The molecule has 2 aliphatic carbocycles. The number of hydrogen-bond donors (Lipinski definition) is 0. The Labute approximate surface area is 115 Å². The predicted molar refractivity (Wildman–Crippen MR) is 72.7 cm³/mol. The van der Waals surface area contributed by atoms with Crippen LogP contribution in [0.1, 0.15) is 40.5 Å². The van der Waals surface area contributed by atoms with Gasteiger partial charge in [-0.3, -0.25) is 14.5 Å². The van der Waals surface area contributed by atoms with E-state index in [1.807, 2.05) is 11.9 Å². The topological polar surface area (TPSA) is 46.6 Å². The highest BCUT2D eigenvalue weighted by molar-refractivity contribution is 5.94. The van der Waals surface area contributed by atoms with E-state index in [4.69, 9.17) is 4.74 Å². The van der Waals surface area contributed by atoms with Crippen LogP contribution in [-0.4, -0.2) is 42.9 Å². The lowest BCUT2D eigenvalue weighted by Gasteiger charge is -2.32. The first-order chi connectivity index (χ1) is 8.75. The molecule has 0 aromatic heterocycles. The number of esters is 1. The summed E-state index contributed by atoms with van der Waals surface area (Å²) in [4.78, 5) is 26.2. The Morgan fingerprint density at radius 3 is 2.53 bits per heavy atom. The first kappa shape index (κ1) is 14.5. The first-order valence-corrected chi connectivity index (χ1v) is 7.16. The molecule has 19 heavy (non-hydrogen) atoms. The molecule has 2 fully saturated rings. The van der Waals surface area contributed by atoms with Gasteiger partial charge in [0.25, 0.3) is 0 Å². The van der Waals surface area contributed by atoms with Gasteiger partial charge in [-0.25, -0.2) is 0 Å². The lowest BCUT2D eigenvalue weighted by atomic mass is 9.70. The molecule has 0 aromatic rings. The zero-order valence-electron chi connectivity index (χ0n) is 12.7. The molecule has 0 amide bonds. The molecule has 2 saturated carbocycles. The molecule has 0 radical (unpaired) electrons. The number of rotatable bonds is 4. The van der Waals surface area contributed by atoms with Gasteiger partial charge in [-0.15, -0.1) is 0 Å². The van der Waals surface area contributed by atoms with Crippen LogP contribution < -0.4 is 0 Å². The average Bonchev–Trinajstić information content (AvgIpc) is 2.61. The number of carbonyl (C=O) groups excluding carboxylic acids is 2. The van der Waals surface area contributed by atoms with Crippen LogP contribution in [0.4, 0.5) is 0 Å². The third-order valence-corrected chi connectivity index (χ3v) is 5.66. The van der Waals surface area contributed by atoms with Crippen molar-refractivity contribution in [2.45, 2.75) is 46.6 Å². The lowest BCUT2D eigenvalue weighted by Crippen LogP contribution is -2.46. The fourth-order valence-corrected chi connectivity index (χ4v) is 4.05. The highest BCUT2D eigenvalue weighted by Crippen LogP contribution is 2.64. The molecule has 4 heteroatoms. The van der Waals surface area contributed by atoms with Crippen molar-refractivity contribution in [2.75, 3.05) is 20.2 Å². The van der Waals surface area contributed by atoms with Crippen LogP contribution in [-0.2, 0) is 14.3 Å². The van der Waals surface area contributed by atoms with E-state index in [0.717, 1.165) is 12.8 Å². The number of Topliss-reactive ketones (excluding diaryl/α,β-unsaturated/α-hetero) is 1. The summed E-state index contributed by atoms with van der Waals surface area (Å²) in [5, 5.41) is 0. The molecule has 2 aliphatic rings. The standard InChI is InChI=1S/C15H25NO3/c1-6-19-11(17)9-16(5)12-10-7-8-15(4,13(12)18)14(10,2)3/h10,12H,6-9H2,1-5H3/t10-,12+,15-/m0/s1. The van der Waals surface area contributed by atoms with Gasteiger partial charge in [0.2, 0.25) is 0 Å². The Morgan fingerprint density at radius 1 is 1.42 bits per heavy atom. The number of likely N-dealkylation sites (N-methyl/N-ethyl adjacent to an activating group) is 1. The Morgan fingerprint density at radius 2 is 2.05 bits per heavy atom. The average molecular weight is 267 g/mol. The fourth-order valence-electron chi connectivity index (χ4n) is 4.05. The van der Waals surface area contributed by atoms with E-state index in [0.29, 0.717) is 18.3 Å². The largest absolute Gasteiger partial charge is 0.465 e. The predicted octanol–water partition coefficient (Wildman–Crippen LogP) is 1.88. The van der Waals surface area contributed by atoms with Crippen molar-refractivity contribution in [1.82, 2.24) is 4.90 Å². The molecule has 2 bridgehead atoms. The van der Waals surface area contributed by atoms with E-state index in [1.165, 1.54) is 0 Å². The first-order valence-electron chi connectivity index (χ1n) is 7.16. The number of hydrogen-bond acceptors (Lipinski definition) is 4. The molecular formula is C15H25NO3. The van der Waals surface area contributed by atoms with Gasteiger partial charge in [-0.1, -0.05) is 20.8 Å². The third kappa shape index (κ3) is 1.92. The molecule has 0 N–H and O–H groups in total. The van der Waals surface area contributed by atoms with Crippen molar-refractivity contribution < 1.29 is 14.3 Å². The summed E-state index contributed by atoms with van der Waals surface area (Å²) in [6.45, 7) is 8.87. The normalized spacial score (nSPS) is 36.0. The quantitative estimate of drug-likeness (QED) is 0.730. The molecular weight excluding hydrogens is 242 g/mol. The summed E-state index contributed by atoms with van der Waals surface area (Å²) in [6.07, 6.45) is 2.06. The van der Waals surface area contributed by atoms with Gasteiger partial charge in [0.1, 0.15) is 0 Å². The highest BCUT2D eigenvalue weighted by atomic mass is 16.5. The lowest BCUT2D eigenvalue weighted by molar-refractivity contribution is -0.145. The molecule has 0 heterocycles. The number of nitrogens with zero attached hydrogens (tertiary/aromatic N) is 1. The minimum absolute atomic E-state index is 0.0255. The van der Waals surface area contributed by atoms with Crippen LogP contribution in [0.3, 0.4) is 0 Å².